The van der Waals surface area contributed by atoms with Gasteiger partial charge in [0.1, 0.15) is 0 Å². The summed E-state index contributed by atoms with van der Waals surface area (Å²) in [5.41, 5.74) is -3.01. The Morgan fingerprint density at radius 3 is 2.75 bits per heavy atom. The number of rotatable bonds is 9. The molecule has 0 atom stereocenters. The van der Waals surface area contributed by atoms with Gasteiger partial charge in [-0.15, -0.1) is 11.8 Å². The Morgan fingerprint density at radius 1 is 1.25 bits per heavy atom. The van der Waals surface area contributed by atoms with Crippen LogP contribution in [0.2, 0.25) is 0 Å². The predicted molar refractivity (Wildman–Crippen MR) is 79.3 cm³/mol. The molecule has 0 radical (unpaired) electrons. The Kier molecular flexibility index (Phi) is 8.44. The summed E-state index contributed by atoms with van der Waals surface area (Å²) in [5, 5.41) is 3.23. The van der Waals surface area contributed by atoms with Crippen molar-refractivity contribution in [1.82, 2.24) is 5.32 Å². The number of methoxy groups -OCH3 is 1. The molecule has 114 valence electrons. The molecule has 1 aromatic carbocycles. The first kappa shape index (κ1) is 17.7. The van der Waals surface area contributed by atoms with Gasteiger partial charge in [-0.2, -0.15) is 13.2 Å². The minimum absolute atomic E-state index is 0.0293. The average molecular weight is 325 g/mol. The summed E-state index contributed by atoms with van der Waals surface area (Å²) in [5.74, 6) is 0.523. The molecule has 0 aliphatic heterocycles. The fraction of sp³-hybridized carbons (Fsp3) is 0.538. The SMILES string of the molecule is COCCNCc1cccc(SCCSC(F)(F)F)c1. The lowest BCUT2D eigenvalue weighted by Gasteiger charge is -2.07. The minimum Gasteiger partial charge on any atom is -0.383 e. The summed E-state index contributed by atoms with van der Waals surface area (Å²) in [4.78, 5) is 0.999. The lowest BCUT2D eigenvalue weighted by Crippen LogP contribution is -2.18. The number of alkyl halides is 3. The van der Waals surface area contributed by atoms with Crippen molar-refractivity contribution in [2.24, 2.45) is 0 Å². The molecule has 0 spiro atoms. The normalized spacial score (nSPS) is 11.8. The van der Waals surface area contributed by atoms with Gasteiger partial charge in [0, 0.05) is 36.6 Å². The molecule has 0 fully saturated rings. The van der Waals surface area contributed by atoms with Gasteiger partial charge in [0.2, 0.25) is 0 Å². The van der Waals surface area contributed by atoms with Crippen molar-refractivity contribution in [3.63, 3.8) is 0 Å². The van der Waals surface area contributed by atoms with Crippen LogP contribution in [0, 0.1) is 0 Å². The molecule has 0 saturated carbocycles. The molecule has 1 rings (SSSR count). The molecule has 1 aromatic rings. The molecule has 7 heteroatoms. The Morgan fingerprint density at radius 2 is 2.05 bits per heavy atom. The topological polar surface area (TPSA) is 21.3 Å². The first-order valence-electron chi connectivity index (χ1n) is 6.13. The number of ether oxygens (including phenoxy) is 1. The standard InChI is InChI=1S/C13H18F3NOS2/c1-18-6-5-17-10-11-3-2-4-12(9-11)19-7-8-20-13(14,15)16/h2-4,9,17H,5-8,10H2,1H3. The van der Waals surface area contributed by atoms with Gasteiger partial charge in [0.15, 0.2) is 0 Å². The van der Waals surface area contributed by atoms with Crippen LogP contribution in [-0.2, 0) is 11.3 Å². The second kappa shape index (κ2) is 9.55. The average Bonchev–Trinajstić information content (AvgIpc) is 2.39. The summed E-state index contributed by atoms with van der Waals surface area (Å²) < 4.78 is 40.9. The molecule has 0 unspecified atom stereocenters. The molecule has 0 bridgehead atoms. The number of thioether (sulfide) groups is 2. The van der Waals surface area contributed by atoms with E-state index >= 15 is 0 Å². The van der Waals surface area contributed by atoms with E-state index in [-0.39, 0.29) is 17.5 Å². The number of halogens is 3. The molecule has 2 nitrogen and oxygen atoms in total. The second-order valence-corrected chi connectivity index (χ2v) is 6.29. The molecular weight excluding hydrogens is 307 g/mol. The summed E-state index contributed by atoms with van der Waals surface area (Å²) in [7, 11) is 1.65. The van der Waals surface area contributed by atoms with E-state index in [1.807, 2.05) is 24.3 Å². The van der Waals surface area contributed by atoms with Crippen LogP contribution in [0.5, 0.6) is 0 Å². The molecule has 20 heavy (non-hydrogen) atoms. The van der Waals surface area contributed by atoms with Crippen LogP contribution in [0.3, 0.4) is 0 Å². The summed E-state index contributed by atoms with van der Waals surface area (Å²) in [6, 6.07) is 7.84. The molecule has 0 aromatic heterocycles. The van der Waals surface area contributed by atoms with Gasteiger partial charge >= 0.3 is 5.51 Å². The van der Waals surface area contributed by atoms with Crippen molar-refractivity contribution in [3.8, 4) is 0 Å². The Labute approximate surface area is 125 Å². The molecule has 0 heterocycles. The Bertz CT molecular complexity index is 388. The van der Waals surface area contributed by atoms with Gasteiger partial charge in [-0.1, -0.05) is 23.9 Å². The summed E-state index contributed by atoms with van der Waals surface area (Å²) >= 11 is 1.47. The van der Waals surface area contributed by atoms with E-state index in [0.717, 1.165) is 23.5 Å². The van der Waals surface area contributed by atoms with Gasteiger partial charge in [-0.3, -0.25) is 0 Å². The van der Waals surface area contributed by atoms with E-state index in [9.17, 15) is 13.2 Å². The first-order valence-corrected chi connectivity index (χ1v) is 8.10. The van der Waals surface area contributed by atoms with Crippen LogP contribution in [0.25, 0.3) is 0 Å². The van der Waals surface area contributed by atoms with E-state index in [2.05, 4.69) is 5.32 Å². The largest absolute Gasteiger partial charge is 0.441 e. The van der Waals surface area contributed by atoms with E-state index in [1.54, 1.807) is 7.11 Å². The highest BCUT2D eigenvalue weighted by molar-refractivity contribution is 8.03. The number of hydrogen-bond donors (Lipinski definition) is 1. The van der Waals surface area contributed by atoms with Gasteiger partial charge in [-0.25, -0.2) is 0 Å². The lowest BCUT2D eigenvalue weighted by atomic mass is 10.2. The minimum atomic E-state index is -4.13. The third-order valence-electron chi connectivity index (χ3n) is 2.33. The zero-order chi connectivity index (χ0) is 14.8. The Hall–Kier alpha value is -0.370. The van der Waals surface area contributed by atoms with Crippen molar-refractivity contribution in [3.05, 3.63) is 29.8 Å². The van der Waals surface area contributed by atoms with Crippen LogP contribution in [0.1, 0.15) is 5.56 Å². The van der Waals surface area contributed by atoms with Crippen LogP contribution < -0.4 is 5.32 Å². The van der Waals surface area contributed by atoms with Crippen LogP contribution in [0.15, 0.2) is 29.2 Å². The van der Waals surface area contributed by atoms with Crippen LogP contribution in [0.4, 0.5) is 13.2 Å². The maximum absolute atomic E-state index is 12.0. The zero-order valence-corrected chi connectivity index (χ0v) is 12.8. The van der Waals surface area contributed by atoms with Gasteiger partial charge < -0.3 is 10.1 Å². The van der Waals surface area contributed by atoms with E-state index in [1.165, 1.54) is 11.8 Å². The maximum atomic E-state index is 12.0. The highest BCUT2D eigenvalue weighted by Gasteiger charge is 2.27. The van der Waals surface area contributed by atoms with Crippen LogP contribution >= 0.6 is 23.5 Å². The van der Waals surface area contributed by atoms with Crippen molar-refractivity contribution < 1.29 is 17.9 Å². The molecule has 1 N–H and O–H groups in total. The molecular formula is C13H18F3NOS2. The summed E-state index contributed by atoms with van der Waals surface area (Å²) in [6.45, 7) is 2.16. The van der Waals surface area contributed by atoms with Gasteiger partial charge in [-0.05, 0) is 17.7 Å². The zero-order valence-electron chi connectivity index (χ0n) is 11.2. The smallest absolute Gasteiger partial charge is 0.383 e. The monoisotopic (exact) mass is 325 g/mol. The fourth-order valence-electron chi connectivity index (χ4n) is 1.47. The van der Waals surface area contributed by atoms with E-state index in [4.69, 9.17) is 4.74 Å². The van der Waals surface area contributed by atoms with Crippen molar-refractivity contribution >= 4 is 23.5 Å². The third kappa shape index (κ3) is 8.73. The first-order chi connectivity index (χ1) is 9.51. The van der Waals surface area contributed by atoms with Crippen molar-refractivity contribution in [2.75, 3.05) is 31.8 Å². The fourth-order valence-corrected chi connectivity index (χ4v) is 3.01. The lowest BCUT2D eigenvalue weighted by molar-refractivity contribution is -0.0326. The summed E-state index contributed by atoms with van der Waals surface area (Å²) in [6.07, 6.45) is 0. The number of nitrogens with one attached hydrogen (secondary N) is 1. The van der Waals surface area contributed by atoms with Gasteiger partial charge in [0.05, 0.1) is 6.61 Å². The van der Waals surface area contributed by atoms with Crippen molar-refractivity contribution in [2.45, 2.75) is 16.9 Å². The Balaban J connectivity index is 2.28. The van der Waals surface area contributed by atoms with Crippen LogP contribution in [-0.4, -0.2) is 37.3 Å². The maximum Gasteiger partial charge on any atom is 0.441 e. The highest BCUT2D eigenvalue weighted by atomic mass is 32.2. The number of benzene rings is 1. The third-order valence-corrected chi connectivity index (χ3v) is 4.32. The molecule has 0 aliphatic rings. The molecule has 0 saturated heterocycles. The highest BCUT2D eigenvalue weighted by Crippen LogP contribution is 2.31. The molecule has 0 amide bonds. The quantitative estimate of drug-likeness (QED) is 0.551. The van der Waals surface area contributed by atoms with Gasteiger partial charge in [0.25, 0.3) is 0 Å². The van der Waals surface area contributed by atoms with Crippen molar-refractivity contribution in [1.29, 1.82) is 0 Å². The number of hydrogen-bond acceptors (Lipinski definition) is 4. The second-order valence-electron chi connectivity index (χ2n) is 3.96. The van der Waals surface area contributed by atoms with E-state index < -0.39 is 5.51 Å². The van der Waals surface area contributed by atoms with E-state index in [0.29, 0.717) is 12.4 Å². The predicted octanol–water partition coefficient (Wildman–Crippen LogP) is 3.77. The molecule has 0 aliphatic carbocycles.